The fourth-order valence-electron chi connectivity index (χ4n) is 2.69. The van der Waals surface area contributed by atoms with Crippen molar-refractivity contribution >= 4 is 0 Å². The number of likely N-dealkylation sites (tertiary alicyclic amines) is 1. The van der Waals surface area contributed by atoms with E-state index in [0.29, 0.717) is 6.04 Å². The van der Waals surface area contributed by atoms with E-state index >= 15 is 0 Å². The molecule has 0 amide bonds. The van der Waals surface area contributed by atoms with Gasteiger partial charge in [-0.3, -0.25) is 4.90 Å². The van der Waals surface area contributed by atoms with E-state index in [1.54, 1.807) is 0 Å². The van der Waals surface area contributed by atoms with Crippen LogP contribution in [0.5, 0.6) is 0 Å². The second kappa shape index (κ2) is 3.09. The molecule has 0 aromatic heterocycles. The molecule has 1 aromatic carbocycles. The predicted octanol–water partition coefficient (Wildman–Crippen LogP) is 2.70. The van der Waals surface area contributed by atoms with Gasteiger partial charge in [0.15, 0.2) is 0 Å². The van der Waals surface area contributed by atoms with E-state index in [9.17, 15) is 0 Å². The molecule has 14 heavy (non-hydrogen) atoms. The SMILES string of the molecule is CC(c1ccccc1)N1CC2CC2C1. The first-order valence-electron chi connectivity index (χ1n) is 5.63. The molecule has 74 valence electrons. The lowest BCUT2D eigenvalue weighted by Crippen LogP contribution is -2.26. The van der Waals surface area contributed by atoms with Crippen LogP contribution in [-0.2, 0) is 0 Å². The van der Waals surface area contributed by atoms with E-state index in [2.05, 4.69) is 42.2 Å². The van der Waals surface area contributed by atoms with Crippen LogP contribution in [0.15, 0.2) is 30.3 Å². The number of rotatable bonds is 2. The van der Waals surface area contributed by atoms with Crippen molar-refractivity contribution in [3.63, 3.8) is 0 Å². The molecule has 1 aliphatic carbocycles. The molecule has 0 N–H and O–H groups in total. The molecule has 1 saturated carbocycles. The monoisotopic (exact) mass is 187 g/mol. The molecule has 2 aliphatic rings. The third kappa shape index (κ3) is 1.36. The van der Waals surface area contributed by atoms with Crippen molar-refractivity contribution < 1.29 is 0 Å². The van der Waals surface area contributed by atoms with E-state index in [1.165, 1.54) is 25.1 Å². The van der Waals surface area contributed by atoms with Crippen LogP contribution in [0, 0.1) is 11.8 Å². The number of benzene rings is 1. The first-order valence-corrected chi connectivity index (χ1v) is 5.63. The predicted molar refractivity (Wildman–Crippen MR) is 58.0 cm³/mol. The van der Waals surface area contributed by atoms with Gasteiger partial charge in [0.2, 0.25) is 0 Å². The van der Waals surface area contributed by atoms with Crippen LogP contribution in [0.3, 0.4) is 0 Å². The largest absolute Gasteiger partial charge is 0.296 e. The number of piperidine rings is 1. The Bertz CT molecular complexity index is 309. The van der Waals surface area contributed by atoms with E-state index in [4.69, 9.17) is 0 Å². The smallest absolute Gasteiger partial charge is 0.0320 e. The van der Waals surface area contributed by atoms with Gasteiger partial charge in [-0.05, 0) is 30.7 Å². The van der Waals surface area contributed by atoms with Crippen molar-refractivity contribution in [3.05, 3.63) is 35.9 Å². The van der Waals surface area contributed by atoms with Gasteiger partial charge >= 0.3 is 0 Å². The lowest BCUT2D eigenvalue weighted by Gasteiger charge is -2.25. The molecule has 3 unspecified atom stereocenters. The molecule has 1 nitrogen and oxygen atoms in total. The van der Waals surface area contributed by atoms with Crippen LogP contribution in [0.1, 0.15) is 24.9 Å². The average molecular weight is 187 g/mol. The summed E-state index contributed by atoms with van der Waals surface area (Å²) >= 11 is 0. The average Bonchev–Trinajstić information content (AvgIpc) is 2.86. The molecule has 1 aliphatic heterocycles. The maximum absolute atomic E-state index is 2.63. The maximum Gasteiger partial charge on any atom is 0.0320 e. The Morgan fingerprint density at radius 3 is 2.43 bits per heavy atom. The Morgan fingerprint density at radius 2 is 1.79 bits per heavy atom. The summed E-state index contributed by atoms with van der Waals surface area (Å²) in [4.78, 5) is 2.63. The van der Waals surface area contributed by atoms with E-state index < -0.39 is 0 Å². The van der Waals surface area contributed by atoms with Gasteiger partial charge in [0.25, 0.3) is 0 Å². The molecule has 1 aromatic rings. The van der Waals surface area contributed by atoms with Gasteiger partial charge in [0.05, 0.1) is 0 Å². The molecule has 1 heterocycles. The second-order valence-electron chi connectivity index (χ2n) is 4.80. The van der Waals surface area contributed by atoms with Gasteiger partial charge in [-0.15, -0.1) is 0 Å². The van der Waals surface area contributed by atoms with Crippen LogP contribution in [0.4, 0.5) is 0 Å². The number of nitrogens with zero attached hydrogens (tertiary/aromatic N) is 1. The zero-order chi connectivity index (χ0) is 9.54. The molecular weight excluding hydrogens is 170 g/mol. The minimum atomic E-state index is 0.615. The van der Waals surface area contributed by atoms with Gasteiger partial charge in [-0.25, -0.2) is 0 Å². The molecule has 2 fully saturated rings. The van der Waals surface area contributed by atoms with Crippen LogP contribution in [-0.4, -0.2) is 18.0 Å². The van der Waals surface area contributed by atoms with Gasteiger partial charge in [-0.1, -0.05) is 30.3 Å². The third-order valence-corrected chi connectivity index (χ3v) is 3.84. The summed E-state index contributed by atoms with van der Waals surface area (Å²) in [5.74, 6) is 2.09. The van der Waals surface area contributed by atoms with Crippen molar-refractivity contribution in [2.45, 2.75) is 19.4 Å². The molecule has 1 heteroatoms. The summed E-state index contributed by atoms with van der Waals surface area (Å²) in [5, 5.41) is 0. The van der Waals surface area contributed by atoms with Crippen LogP contribution < -0.4 is 0 Å². The Labute approximate surface area is 85.7 Å². The normalized spacial score (nSPS) is 32.6. The van der Waals surface area contributed by atoms with Crippen molar-refractivity contribution in [3.8, 4) is 0 Å². The van der Waals surface area contributed by atoms with Crippen LogP contribution in [0.2, 0.25) is 0 Å². The highest BCUT2D eigenvalue weighted by Crippen LogP contribution is 2.47. The summed E-state index contributed by atoms with van der Waals surface area (Å²) in [6, 6.07) is 11.5. The van der Waals surface area contributed by atoms with Gasteiger partial charge in [0, 0.05) is 19.1 Å². The molecule has 0 bridgehead atoms. The van der Waals surface area contributed by atoms with Gasteiger partial charge in [0.1, 0.15) is 0 Å². The van der Waals surface area contributed by atoms with E-state index in [-0.39, 0.29) is 0 Å². The molecule has 0 spiro atoms. The van der Waals surface area contributed by atoms with Crippen LogP contribution >= 0.6 is 0 Å². The van der Waals surface area contributed by atoms with E-state index in [1.807, 2.05) is 0 Å². The minimum Gasteiger partial charge on any atom is -0.296 e. The molecule has 1 saturated heterocycles. The quantitative estimate of drug-likeness (QED) is 0.688. The summed E-state index contributed by atoms with van der Waals surface area (Å²) in [6.07, 6.45) is 1.50. The van der Waals surface area contributed by atoms with Gasteiger partial charge in [-0.2, -0.15) is 0 Å². The number of hydrogen-bond acceptors (Lipinski definition) is 1. The molecule has 3 atom stereocenters. The molecular formula is C13H17N. The molecule has 0 radical (unpaired) electrons. The Hall–Kier alpha value is -0.820. The lowest BCUT2D eigenvalue weighted by atomic mass is 10.1. The standard InChI is InChI=1S/C13H17N/c1-10(11-5-3-2-4-6-11)14-8-12-7-13(12)9-14/h2-6,10,12-13H,7-9H2,1H3. The second-order valence-corrected chi connectivity index (χ2v) is 4.80. The number of fused-ring (bicyclic) bond motifs is 1. The summed E-state index contributed by atoms with van der Waals surface area (Å²) in [5.41, 5.74) is 1.47. The highest BCUT2D eigenvalue weighted by molar-refractivity contribution is 5.19. The summed E-state index contributed by atoms with van der Waals surface area (Å²) < 4.78 is 0. The highest BCUT2D eigenvalue weighted by Gasteiger charge is 2.46. The minimum absolute atomic E-state index is 0.615. The van der Waals surface area contributed by atoms with Crippen molar-refractivity contribution in [2.75, 3.05) is 13.1 Å². The Kier molecular flexibility index (Phi) is 1.88. The fraction of sp³-hybridized carbons (Fsp3) is 0.538. The maximum atomic E-state index is 2.63. The zero-order valence-electron chi connectivity index (χ0n) is 8.69. The lowest BCUT2D eigenvalue weighted by molar-refractivity contribution is 0.236. The first kappa shape index (κ1) is 8.49. The van der Waals surface area contributed by atoms with E-state index in [0.717, 1.165) is 11.8 Å². The summed E-state index contributed by atoms with van der Waals surface area (Å²) in [7, 11) is 0. The third-order valence-electron chi connectivity index (χ3n) is 3.84. The van der Waals surface area contributed by atoms with Gasteiger partial charge < -0.3 is 0 Å². The highest BCUT2D eigenvalue weighted by atomic mass is 15.2. The number of hydrogen-bond donors (Lipinski definition) is 0. The van der Waals surface area contributed by atoms with Crippen LogP contribution in [0.25, 0.3) is 0 Å². The topological polar surface area (TPSA) is 3.24 Å². The van der Waals surface area contributed by atoms with Crippen molar-refractivity contribution in [1.82, 2.24) is 4.90 Å². The Morgan fingerprint density at radius 1 is 1.14 bits per heavy atom. The summed E-state index contributed by atoms with van der Waals surface area (Å²) in [6.45, 7) is 5.00. The van der Waals surface area contributed by atoms with Crippen molar-refractivity contribution in [1.29, 1.82) is 0 Å². The van der Waals surface area contributed by atoms with Crippen molar-refractivity contribution in [2.24, 2.45) is 11.8 Å². The molecule has 3 rings (SSSR count). The fourth-order valence-corrected chi connectivity index (χ4v) is 2.69. The Balaban J connectivity index is 1.73. The first-order chi connectivity index (χ1) is 6.84. The zero-order valence-corrected chi connectivity index (χ0v) is 8.69.